The van der Waals surface area contributed by atoms with Gasteiger partial charge < -0.3 is 10.3 Å². The average molecular weight is 351 g/mol. The van der Waals surface area contributed by atoms with Crippen LogP contribution in [-0.4, -0.2) is 54.9 Å². The fraction of sp³-hybridized carbons (Fsp3) is 0.333. The monoisotopic (exact) mass is 351 g/mol. The summed E-state index contributed by atoms with van der Waals surface area (Å²) in [7, 11) is 0. The molecule has 1 saturated heterocycles. The zero-order valence-electron chi connectivity index (χ0n) is 14.5. The van der Waals surface area contributed by atoms with E-state index in [4.69, 9.17) is 0 Å². The SMILES string of the molecule is Cc1cccc(CN2C[C@@H](NC(=O)c3ncc[nH]3)[C@@H](n3ccnn3)C2)c1. The van der Waals surface area contributed by atoms with Crippen LogP contribution in [0.25, 0.3) is 0 Å². The average Bonchev–Trinajstić information content (AvgIpc) is 3.37. The fourth-order valence-corrected chi connectivity index (χ4v) is 3.49. The second kappa shape index (κ2) is 7.09. The number of nitrogens with one attached hydrogen (secondary N) is 2. The van der Waals surface area contributed by atoms with E-state index in [1.807, 2.05) is 10.9 Å². The van der Waals surface area contributed by atoms with Gasteiger partial charge in [0.15, 0.2) is 5.82 Å². The molecule has 0 aliphatic carbocycles. The minimum absolute atomic E-state index is 0.0289. The van der Waals surface area contributed by atoms with Crippen molar-refractivity contribution < 1.29 is 4.79 Å². The molecule has 3 heterocycles. The lowest BCUT2D eigenvalue weighted by molar-refractivity contribution is 0.0920. The molecule has 1 aromatic carbocycles. The lowest BCUT2D eigenvalue weighted by atomic mass is 10.1. The van der Waals surface area contributed by atoms with Crippen molar-refractivity contribution >= 4 is 5.91 Å². The quantitative estimate of drug-likeness (QED) is 0.720. The second-order valence-corrected chi connectivity index (χ2v) is 6.65. The zero-order chi connectivity index (χ0) is 17.9. The van der Waals surface area contributed by atoms with E-state index in [0.29, 0.717) is 5.82 Å². The van der Waals surface area contributed by atoms with Gasteiger partial charge in [0.25, 0.3) is 5.91 Å². The molecule has 26 heavy (non-hydrogen) atoms. The number of aromatic amines is 1. The van der Waals surface area contributed by atoms with Crippen LogP contribution in [0.2, 0.25) is 0 Å². The maximum Gasteiger partial charge on any atom is 0.287 e. The smallest absolute Gasteiger partial charge is 0.287 e. The van der Waals surface area contributed by atoms with Gasteiger partial charge in [0.1, 0.15) is 0 Å². The highest BCUT2D eigenvalue weighted by molar-refractivity contribution is 5.90. The van der Waals surface area contributed by atoms with E-state index in [1.165, 1.54) is 11.1 Å². The number of H-pyrrole nitrogens is 1. The first kappa shape index (κ1) is 16.5. The highest BCUT2D eigenvalue weighted by atomic mass is 16.2. The van der Waals surface area contributed by atoms with Gasteiger partial charge in [0.05, 0.1) is 18.3 Å². The molecule has 8 nitrogen and oxygen atoms in total. The molecule has 1 fully saturated rings. The van der Waals surface area contributed by atoms with E-state index in [-0.39, 0.29) is 18.0 Å². The summed E-state index contributed by atoms with van der Waals surface area (Å²) in [5, 5.41) is 11.1. The molecule has 2 aromatic heterocycles. The van der Waals surface area contributed by atoms with Crippen LogP contribution in [0.4, 0.5) is 0 Å². The third kappa shape index (κ3) is 3.50. The van der Waals surface area contributed by atoms with E-state index in [9.17, 15) is 4.79 Å². The number of amides is 1. The molecule has 3 aromatic rings. The highest BCUT2D eigenvalue weighted by Crippen LogP contribution is 2.23. The lowest BCUT2D eigenvalue weighted by Crippen LogP contribution is -2.41. The van der Waals surface area contributed by atoms with Crippen LogP contribution in [0, 0.1) is 6.92 Å². The summed E-state index contributed by atoms with van der Waals surface area (Å²) >= 11 is 0. The number of carbonyl (C=O) groups excluding carboxylic acids is 1. The Morgan fingerprint density at radius 1 is 1.35 bits per heavy atom. The van der Waals surface area contributed by atoms with E-state index in [0.717, 1.165) is 19.6 Å². The summed E-state index contributed by atoms with van der Waals surface area (Å²) in [4.78, 5) is 21.6. The molecule has 0 radical (unpaired) electrons. The van der Waals surface area contributed by atoms with Crippen molar-refractivity contribution in [3.05, 3.63) is 66.0 Å². The number of carbonyl (C=O) groups is 1. The molecule has 2 N–H and O–H groups in total. The van der Waals surface area contributed by atoms with Crippen LogP contribution in [0.15, 0.2) is 49.1 Å². The Labute approximate surface area is 151 Å². The molecule has 0 spiro atoms. The Kier molecular flexibility index (Phi) is 4.49. The number of aryl methyl sites for hydroxylation is 1. The standard InChI is InChI=1S/C18H21N7O/c1-13-3-2-4-14(9-13)10-24-11-15(16(12-24)25-8-7-21-23-25)22-18(26)17-19-5-6-20-17/h2-9,15-16H,10-12H2,1H3,(H,19,20)(H,22,26)/t15-,16+/m1/s1. The summed E-state index contributed by atoms with van der Waals surface area (Å²) in [5.74, 6) is 0.113. The van der Waals surface area contributed by atoms with Gasteiger partial charge in [0.2, 0.25) is 0 Å². The van der Waals surface area contributed by atoms with Crippen molar-refractivity contribution in [3.63, 3.8) is 0 Å². The predicted molar refractivity (Wildman–Crippen MR) is 95.4 cm³/mol. The molecule has 0 bridgehead atoms. The summed E-state index contributed by atoms with van der Waals surface area (Å²) in [6.07, 6.45) is 6.71. The number of likely N-dealkylation sites (tertiary alicyclic amines) is 1. The van der Waals surface area contributed by atoms with Crippen molar-refractivity contribution in [3.8, 4) is 0 Å². The predicted octanol–water partition coefficient (Wildman–Crippen LogP) is 1.17. The Morgan fingerprint density at radius 3 is 3.00 bits per heavy atom. The van der Waals surface area contributed by atoms with Gasteiger partial charge in [-0.25, -0.2) is 9.67 Å². The molecular weight excluding hydrogens is 330 g/mol. The summed E-state index contributed by atoms with van der Waals surface area (Å²) in [5.41, 5.74) is 2.51. The molecular formula is C18H21N7O. The van der Waals surface area contributed by atoms with Crippen molar-refractivity contribution in [2.45, 2.75) is 25.6 Å². The van der Waals surface area contributed by atoms with Crippen LogP contribution >= 0.6 is 0 Å². The van der Waals surface area contributed by atoms with Crippen LogP contribution < -0.4 is 5.32 Å². The van der Waals surface area contributed by atoms with Crippen molar-refractivity contribution in [1.82, 2.24) is 35.2 Å². The Hall–Kier alpha value is -3.00. The van der Waals surface area contributed by atoms with Crippen molar-refractivity contribution in [2.75, 3.05) is 13.1 Å². The summed E-state index contributed by atoms with van der Waals surface area (Å²) in [6.45, 7) is 4.46. The molecule has 0 saturated carbocycles. The van der Waals surface area contributed by atoms with Crippen LogP contribution in [0.3, 0.4) is 0 Å². The number of hydrogen-bond acceptors (Lipinski definition) is 5. The molecule has 1 amide bonds. The Balaban J connectivity index is 1.50. The number of benzene rings is 1. The first-order chi connectivity index (χ1) is 12.7. The summed E-state index contributed by atoms with van der Waals surface area (Å²) < 4.78 is 1.82. The lowest BCUT2D eigenvalue weighted by Gasteiger charge is -2.19. The van der Waals surface area contributed by atoms with Crippen molar-refractivity contribution in [2.24, 2.45) is 0 Å². The summed E-state index contributed by atoms with van der Waals surface area (Å²) in [6, 6.07) is 8.45. The van der Waals surface area contributed by atoms with Crippen LogP contribution in [0.5, 0.6) is 0 Å². The largest absolute Gasteiger partial charge is 0.343 e. The minimum atomic E-state index is -0.206. The van der Waals surface area contributed by atoms with Gasteiger partial charge in [-0.2, -0.15) is 0 Å². The molecule has 1 aliphatic heterocycles. The van der Waals surface area contributed by atoms with Gasteiger partial charge in [-0.05, 0) is 12.5 Å². The second-order valence-electron chi connectivity index (χ2n) is 6.65. The van der Waals surface area contributed by atoms with E-state index >= 15 is 0 Å². The van der Waals surface area contributed by atoms with Gasteiger partial charge in [-0.1, -0.05) is 35.0 Å². The highest BCUT2D eigenvalue weighted by Gasteiger charge is 2.36. The number of rotatable bonds is 5. The Morgan fingerprint density at radius 2 is 2.27 bits per heavy atom. The molecule has 0 unspecified atom stereocenters. The maximum atomic E-state index is 12.4. The number of imidazole rings is 1. The zero-order valence-corrected chi connectivity index (χ0v) is 14.5. The first-order valence-corrected chi connectivity index (χ1v) is 8.63. The van der Waals surface area contributed by atoms with E-state index in [1.54, 1.807) is 18.6 Å². The van der Waals surface area contributed by atoms with Gasteiger partial charge >= 0.3 is 0 Å². The Bertz CT molecular complexity index is 860. The van der Waals surface area contributed by atoms with E-state index < -0.39 is 0 Å². The molecule has 8 heteroatoms. The maximum absolute atomic E-state index is 12.4. The number of nitrogens with zero attached hydrogens (tertiary/aromatic N) is 5. The third-order valence-corrected chi connectivity index (χ3v) is 4.66. The number of hydrogen-bond donors (Lipinski definition) is 2. The topological polar surface area (TPSA) is 91.7 Å². The third-order valence-electron chi connectivity index (χ3n) is 4.66. The minimum Gasteiger partial charge on any atom is -0.343 e. The first-order valence-electron chi connectivity index (χ1n) is 8.63. The van der Waals surface area contributed by atoms with Gasteiger partial charge in [-0.15, -0.1) is 5.10 Å². The molecule has 1 aliphatic rings. The van der Waals surface area contributed by atoms with Gasteiger partial charge in [0, 0.05) is 38.2 Å². The van der Waals surface area contributed by atoms with Gasteiger partial charge in [-0.3, -0.25) is 9.69 Å². The fourth-order valence-electron chi connectivity index (χ4n) is 3.49. The molecule has 4 rings (SSSR count). The van der Waals surface area contributed by atoms with Crippen LogP contribution in [0.1, 0.15) is 27.8 Å². The van der Waals surface area contributed by atoms with Crippen LogP contribution in [-0.2, 0) is 6.54 Å². The molecule has 2 atom stereocenters. The number of aromatic nitrogens is 5. The molecule has 134 valence electrons. The van der Waals surface area contributed by atoms with E-state index in [2.05, 4.69) is 61.7 Å². The normalized spacial score (nSPS) is 20.3. The van der Waals surface area contributed by atoms with Crippen molar-refractivity contribution in [1.29, 1.82) is 0 Å².